The molecule has 2 aromatic carbocycles. The zero-order chi connectivity index (χ0) is 17.0. The SMILES string of the molecule is O=C(Nc1cc(Cl)ccc1SCC(F)(F)F)c1ccccc1F. The fraction of sp³-hybridized carbons (Fsp3) is 0.133. The van der Waals surface area contributed by atoms with Crippen molar-refractivity contribution in [2.24, 2.45) is 0 Å². The highest BCUT2D eigenvalue weighted by Gasteiger charge is 2.28. The number of thioether (sulfide) groups is 1. The highest BCUT2D eigenvalue weighted by molar-refractivity contribution is 7.99. The minimum Gasteiger partial charge on any atom is -0.321 e. The second-order valence-electron chi connectivity index (χ2n) is 4.48. The van der Waals surface area contributed by atoms with E-state index in [1.165, 1.54) is 36.4 Å². The van der Waals surface area contributed by atoms with Gasteiger partial charge in [0.1, 0.15) is 5.82 Å². The Labute approximate surface area is 138 Å². The van der Waals surface area contributed by atoms with E-state index in [1.54, 1.807) is 0 Å². The van der Waals surface area contributed by atoms with Gasteiger partial charge >= 0.3 is 6.18 Å². The molecule has 0 heterocycles. The van der Waals surface area contributed by atoms with Crippen LogP contribution in [0.25, 0.3) is 0 Å². The van der Waals surface area contributed by atoms with Crippen LogP contribution in [0.3, 0.4) is 0 Å². The normalized spacial score (nSPS) is 11.3. The summed E-state index contributed by atoms with van der Waals surface area (Å²) in [4.78, 5) is 12.3. The van der Waals surface area contributed by atoms with Gasteiger partial charge in [0, 0.05) is 9.92 Å². The molecule has 0 bridgehead atoms. The maximum absolute atomic E-state index is 13.6. The smallest absolute Gasteiger partial charge is 0.321 e. The average molecular weight is 364 g/mol. The van der Waals surface area contributed by atoms with Crippen LogP contribution in [0.4, 0.5) is 23.2 Å². The van der Waals surface area contributed by atoms with Crippen molar-refractivity contribution in [2.45, 2.75) is 11.1 Å². The summed E-state index contributed by atoms with van der Waals surface area (Å²) < 4.78 is 50.6. The van der Waals surface area contributed by atoms with Gasteiger partial charge in [-0.2, -0.15) is 13.2 Å². The fourth-order valence-corrected chi connectivity index (χ4v) is 2.64. The first-order chi connectivity index (χ1) is 10.8. The third-order valence-electron chi connectivity index (χ3n) is 2.70. The van der Waals surface area contributed by atoms with Crippen LogP contribution in [0.1, 0.15) is 10.4 Å². The molecule has 122 valence electrons. The number of hydrogen-bond donors (Lipinski definition) is 1. The molecule has 0 unspecified atom stereocenters. The molecule has 1 N–H and O–H groups in total. The zero-order valence-corrected chi connectivity index (χ0v) is 13.0. The van der Waals surface area contributed by atoms with Gasteiger partial charge in [-0.15, -0.1) is 11.8 Å². The number of anilines is 1. The molecule has 0 aliphatic heterocycles. The summed E-state index contributed by atoms with van der Waals surface area (Å²) in [6.07, 6.45) is -4.35. The van der Waals surface area contributed by atoms with Crippen LogP contribution in [0, 0.1) is 5.82 Å². The Hall–Kier alpha value is -1.73. The molecule has 0 aliphatic rings. The van der Waals surface area contributed by atoms with Gasteiger partial charge in [0.2, 0.25) is 0 Å². The molecule has 0 aliphatic carbocycles. The monoisotopic (exact) mass is 363 g/mol. The van der Waals surface area contributed by atoms with E-state index in [2.05, 4.69) is 5.32 Å². The summed E-state index contributed by atoms with van der Waals surface area (Å²) >= 11 is 6.32. The predicted molar refractivity (Wildman–Crippen MR) is 82.6 cm³/mol. The van der Waals surface area contributed by atoms with E-state index in [0.717, 1.165) is 6.07 Å². The average Bonchev–Trinajstić information content (AvgIpc) is 2.45. The van der Waals surface area contributed by atoms with Crippen molar-refractivity contribution in [3.05, 3.63) is 58.9 Å². The number of amides is 1. The Bertz CT molecular complexity index is 721. The lowest BCUT2D eigenvalue weighted by Gasteiger charge is -2.13. The second kappa shape index (κ2) is 7.23. The van der Waals surface area contributed by atoms with Gasteiger partial charge in [-0.3, -0.25) is 4.79 Å². The quantitative estimate of drug-likeness (QED) is 0.583. The minimum atomic E-state index is -4.35. The van der Waals surface area contributed by atoms with Gasteiger partial charge in [0.25, 0.3) is 5.91 Å². The number of halogens is 5. The molecule has 0 aromatic heterocycles. The lowest BCUT2D eigenvalue weighted by atomic mass is 10.2. The van der Waals surface area contributed by atoms with Gasteiger partial charge in [-0.25, -0.2) is 4.39 Å². The predicted octanol–water partition coefficient (Wildman–Crippen LogP) is 5.39. The molecule has 2 rings (SSSR count). The molecule has 0 spiro atoms. The maximum Gasteiger partial charge on any atom is 0.398 e. The van der Waals surface area contributed by atoms with E-state index in [-0.39, 0.29) is 21.2 Å². The molecular formula is C15H10ClF4NOS. The number of benzene rings is 2. The lowest BCUT2D eigenvalue weighted by Crippen LogP contribution is -2.15. The Morgan fingerprint density at radius 1 is 1.17 bits per heavy atom. The van der Waals surface area contributed by atoms with E-state index in [9.17, 15) is 22.4 Å². The van der Waals surface area contributed by atoms with Crippen LogP contribution in [0.2, 0.25) is 5.02 Å². The third-order valence-corrected chi connectivity index (χ3v) is 4.07. The second-order valence-corrected chi connectivity index (χ2v) is 5.93. The molecule has 8 heteroatoms. The lowest BCUT2D eigenvalue weighted by molar-refractivity contribution is -0.105. The van der Waals surface area contributed by atoms with Crippen molar-refractivity contribution in [3.63, 3.8) is 0 Å². The molecular weight excluding hydrogens is 354 g/mol. The van der Waals surface area contributed by atoms with Gasteiger partial charge in [0.05, 0.1) is 17.0 Å². The summed E-state index contributed by atoms with van der Waals surface area (Å²) in [5, 5.41) is 2.63. The van der Waals surface area contributed by atoms with E-state index >= 15 is 0 Å². The van der Waals surface area contributed by atoms with Crippen molar-refractivity contribution in [1.29, 1.82) is 0 Å². The number of alkyl halides is 3. The van der Waals surface area contributed by atoms with Crippen molar-refractivity contribution >= 4 is 35.0 Å². The molecule has 23 heavy (non-hydrogen) atoms. The Morgan fingerprint density at radius 2 is 1.87 bits per heavy atom. The molecule has 0 atom stereocenters. The first-order valence-corrected chi connectivity index (χ1v) is 7.67. The number of nitrogens with one attached hydrogen (secondary N) is 1. The maximum atomic E-state index is 13.6. The van der Waals surface area contributed by atoms with Crippen LogP contribution in [0.5, 0.6) is 0 Å². The highest BCUT2D eigenvalue weighted by Crippen LogP contribution is 2.34. The van der Waals surface area contributed by atoms with Crippen LogP contribution >= 0.6 is 23.4 Å². The fourth-order valence-electron chi connectivity index (χ4n) is 1.72. The highest BCUT2D eigenvalue weighted by atomic mass is 35.5. The van der Waals surface area contributed by atoms with Crippen LogP contribution < -0.4 is 5.32 Å². The van der Waals surface area contributed by atoms with Gasteiger partial charge in [-0.05, 0) is 30.3 Å². The summed E-state index contributed by atoms with van der Waals surface area (Å²) in [7, 11) is 0. The van der Waals surface area contributed by atoms with Crippen molar-refractivity contribution in [3.8, 4) is 0 Å². The van der Waals surface area contributed by atoms with Crippen LogP contribution in [-0.4, -0.2) is 17.8 Å². The van der Waals surface area contributed by atoms with Crippen molar-refractivity contribution < 1.29 is 22.4 Å². The van der Waals surface area contributed by atoms with Gasteiger partial charge < -0.3 is 5.32 Å². The van der Waals surface area contributed by atoms with E-state index in [4.69, 9.17) is 11.6 Å². The summed E-state index contributed by atoms with van der Waals surface area (Å²) in [6.45, 7) is 0. The van der Waals surface area contributed by atoms with E-state index < -0.39 is 23.7 Å². The van der Waals surface area contributed by atoms with Gasteiger partial charge in [0.15, 0.2) is 0 Å². The molecule has 0 saturated carbocycles. The standard InChI is InChI=1S/C15H10ClF4NOS/c16-9-5-6-13(23-8-15(18,19)20)12(7-9)21-14(22)10-3-1-2-4-11(10)17/h1-7H,8H2,(H,21,22). The van der Waals surface area contributed by atoms with Crippen LogP contribution in [0.15, 0.2) is 47.4 Å². The van der Waals surface area contributed by atoms with Crippen LogP contribution in [-0.2, 0) is 0 Å². The third kappa shape index (κ3) is 5.14. The Balaban J connectivity index is 2.23. The summed E-state index contributed by atoms with van der Waals surface area (Å²) in [5.41, 5.74) is -0.112. The first kappa shape index (κ1) is 17.6. The summed E-state index contributed by atoms with van der Waals surface area (Å²) in [6, 6.07) is 9.41. The Morgan fingerprint density at radius 3 is 2.52 bits per heavy atom. The molecule has 0 saturated heterocycles. The summed E-state index contributed by atoms with van der Waals surface area (Å²) in [5.74, 6) is -2.60. The largest absolute Gasteiger partial charge is 0.398 e. The van der Waals surface area contributed by atoms with Crippen molar-refractivity contribution in [1.82, 2.24) is 0 Å². The number of rotatable bonds is 4. The molecule has 2 nitrogen and oxygen atoms in total. The van der Waals surface area contributed by atoms with E-state index in [1.807, 2.05) is 0 Å². The van der Waals surface area contributed by atoms with E-state index in [0.29, 0.717) is 11.8 Å². The topological polar surface area (TPSA) is 29.1 Å². The number of carbonyl (C=O) groups is 1. The minimum absolute atomic E-state index is 0.0972. The first-order valence-electron chi connectivity index (χ1n) is 6.31. The molecule has 0 radical (unpaired) electrons. The van der Waals surface area contributed by atoms with Crippen molar-refractivity contribution in [2.75, 3.05) is 11.1 Å². The Kier molecular flexibility index (Phi) is 5.54. The van der Waals surface area contributed by atoms with Gasteiger partial charge in [-0.1, -0.05) is 23.7 Å². The molecule has 2 aromatic rings. The zero-order valence-electron chi connectivity index (χ0n) is 11.5. The molecule has 0 fully saturated rings. The molecule has 1 amide bonds. The number of carbonyl (C=O) groups excluding carboxylic acids is 1. The number of hydrogen-bond acceptors (Lipinski definition) is 2.